The molecular formula is C15H24N2O2. The second-order valence-corrected chi connectivity index (χ2v) is 6.47. The number of amides is 3. The number of imide groups is 1. The van der Waals surface area contributed by atoms with Gasteiger partial charge in [0.05, 0.1) is 5.41 Å². The minimum absolute atomic E-state index is 0.130. The standard InChI is InChI=1S/C15H24N2O2/c18-13-15(9-5-1-2-6-10-15)11-16-14(19)17(13)12-7-3-4-8-12/h12H,1-11H2,(H,16,19). The lowest BCUT2D eigenvalue weighted by Gasteiger charge is -2.43. The van der Waals surface area contributed by atoms with Crippen LogP contribution in [0.15, 0.2) is 0 Å². The lowest BCUT2D eigenvalue weighted by Crippen LogP contribution is -2.62. The highest BCUT2D eigenvalue weighted by molar-refractivity contribution is 6.00. The highest BCUT2D eigenvalue weighted by atomic mass is 16.2. The van der Waals surface area contributed by atoms with E-state index in [1.165, 1.54) is 12.8 Å². The third-order valence-corrected chi connectivity index (χ3v) is 5.22. The first-order valence-electron chi connectivity index (χ1n) is 7.84. The van der Waals surface area contributed by atoms with Crippen molar-refractivity contribution in [3.8, 4) is 0 Å². The minimum Gasteiger partial charge on any atom is -0.337 e. The second-order valence-electron chi connectivity index (χ2n) is 6.47. The molecule has 1 heterocycles. The van der Waals surface area contributed by atoms with Crippen molar-refractivity contribution in [2.75, 3.05) is 6.54 Å². The van der Waals surface area contributed by atoms with Crippen LogP contribution in [-0.2, 0) is 4.79 Å². The van der Waals surface area contributed by atoms with Crippen molar-refractivity contribution in [1.29, 1.82) is 0 Å². The van der Waals surface area contributed by atoms with Gasteiger partial charge in [0.1, 0.15) is 0 Å². The van der Waals surface area contributed by atoms with E-state index in [9.17, 15) is 9.59 Å². The zero-order valence-corrected chi connectivity index (χ0v) is 11.6. The van der Waals surface area contributed by atoms with E-state index in [4.69, 9.17) is 0 Å². The third kappa shape index (κ3) is 2.26. The Balaban J connectivity index is 1.83. The van der Waals surface area contributed by atoms with Gasteiger partial charge in [-0.05, 0) is 25.7 Å². The smallest absolute Gasteiger partial charge is 0.324 e. The van der Waals surface area contributed by atoms with Crippen molar-refractivity contribution in [1.82, 2.24) is 10.2 Å². The fourth-order valence-corrected chi connectivity index (χ4v) is 4.04. The molecular weight excluding hydrogens is 240 g/mol. The van der Waals surface area contributed by atoms with E-state index < -0.39 is 0 Å². The molecule has 106 valence electrons. The Bertz CT molecular complexity index is 366. The van der Waals surface area contributed by atoms with E-state index in [-0.39, 0.29) is 23.4 Å². The molecule has 1 spiro atoms. The fraction of sp³-hybridized carbons (Fsp3) is 0.867. The molecule has 0 unspecified atom stereocenters. The SMILES string of the molecule is O=C1NCC2(CCCCCC2)C(=O)N1C1CCCC1. The van der Waals surface area contributed by atoms with Crippen LogP contribution in [0.1, 0.15) is 64.2 Å². The molecule has 0 radical (unpaired) electrons. The molecule has 0 atom stereocenters. The lowest BCUT2D eigenvalue weighted by molar-refractivity contribution is -0.143. The zero-order valence-electron chi connectivity index (χ0n) is 11.6. The first-order chi connectivity index (χ1) is 9.23. The number of hydrogen-bond donors (Lipinski definition) is 1. The van der Waals surface area contributed by atoms with E-state index in [0.29, 0.717) is 6.54 Å². The van der Waals surface area contributed by atoms with Gasteiger partial charge in [-0.3, -0.25) is 9.69 Å². The third-order valence-electron chi connectivity index (χ3n) is 5.22. The van der Waals surface area contributed by atoms with E-state index in [1.54, 1.807) is 4.90 Å². The summed E-state index contributed by atoms with van der Waals surface area (Å²) in [6.45, 7) is 0.563. The van der Waals surface area contributed by atoms with Gasteiger partial charge in [0.25, 0.3) is 0 Å². The average molecular weight is 264 g/mol. The fourth-order valence-electron chi connectivity index (χ4n) is 4.04. The Kier molecular flexibility index (Phi) is 3.50. The lowest BCUT2D eigenvalue weighted by atomic mass is 9.77. The van der Waals surface area contributed by atoms with E-state index in [2.05, 4.69) is 5.32 Å². The predicted molar refractivity (Wildman–Crippen MR) is 72.6 cm³/mol. The molecule has 2 saturated carbocycles. The Morgan fingerprint density at radius 1 is 0.947 bits per heavy atom. The topological polar surface area (TPSA) is 49.4 Å². The molecule has 1 N–H and O–H groups in total. The van der Waals surface area contributed by atoms with Crippen molar-refractivity contribution < 1.29 is 9.59 Å². The van der Waals surface area contributed by atoms with Crippen LogP contribution in [0, 0.1) is 5.41 Å². The van der Waals surface area contributed by atoms with Gasteiger partial charge in [-0.15, -0.1) is 0 Å². The number of hydrogen-bond acceptors (Lipinski definition) is 2. The summed E-state index contributed by atoms with van der Waals surface area (Å²) in [5.41, 5.74) is -0.285. The second kappa shape index (κ2) is 5.14. The van der Waals surface area contributed by atoms with Gasteiger partial charge in [0, 0.05) is 12.6 Å². The van der Waals surface area contributed by atoms with Crippen molar-refractivity contribution >= 4 is 11.9 Å². The van der Waals surface area contributed by atoms with Crippen molar-refractivity contribution in [2.24, 2.45) is 5.41 Å². The highest BCUT2D eigenvalue weighted by Crippen LogP contribution is 2.40. The molecule has 3 amide bonds. The summed E-state index contributed by atoms with van der Waals surface area (Å²) >= 11 is 0. The summed E-state index contributed by atoms with van der Waals surface area (Å²) in [5, 5.41) is 2.99. The summed E-state index contributed by atoms with van der Waals surface area (Å²) in [7, 11) is 0. The van der Waals surface area contributed by atoms with Crippen LogP contribution in [0.5, 0.6) is 0 Å². The molecule has 2 aliphatic carbocycles. The largest absolute Gasteiger partial charge is 0.337 e. The number of nitrogens with one attached hydrogen (secondary N) is 1. The van der Waals surface area contributed by atoms with E-state index in [1.807, 2.05) is 0 Å². The van der Waals surface area contributed by atoms with E-state index >= 15 is 0 Å². The zero-order chi connectivity index (χ0) is 13.3. The van der Waals surface area contributed by atoms with Crippen LogP contribution in [0.3, 0.4) is 0 Å². The average Bonchev–Trinajstić information content (AvgIpc) is 2.81. The molecule has 3 rings (SSSR count). The molecule has 0 aromatic rings. The van der Waals surface area contributed by atoms with Crippen LogP contribution in [0.25, 0.3) is 0 Å². The molecule has 0 bridgehead atoms. The molecule has 1 aliphatic heterocycles. The maximum absolute atomic E-state index is 12.9. The number of nitrogens with zero attached hydrogens (tertiary/aromatic N) is 1. The first-order valence-corrected chi connectivity index (χ1v) is 7.84. The van der Waals surface area contributed by atoms with Crippen molar-refractivity contribution in [2.45, 2.75) is 70.3 Å². The maximum atomic E-state index is 12.9. The quantitative estimate of drug-likeness (QED) is 0.791. The van der Waals surface area contributed by atoms with Crippen LogP contribution >= 0.6 is 0 Å². The molecule has 3 aliphatic rings. The molecule has 0 aromatic heterocycles. The Morgan fingerprint density at radius 2 is 1.58 bits per heavy atom. The molecule has 19 heavy (non-hydrogen) atoms. The van der Waals surface area contributed by atoms with Crippen LogP contribution < -0.4 is 5.32 Å². The van der Waals surface area contributed by atoms with Crippen LogP contribution in [0.2, 0.25) is 0 Å². The van der Waals surface area contributed by atoms with Crippen molar-refractivity contribution in [3.63, 3.8) is 0 Å². The Hall–Kier alpha value is -1.06. The molecule has 4 nitrogen and oxygen atoms in total. The van der Waals surface area contributed by atoms with Gasteiger partial charge >= 0.3 is 6.03 Å². The summed E-state index contributed by atoms with van der Waals surface area (Å²) in [6, 6.07) is 0.0136. The van der Waals surface area contributed by atoms with Crippen LogP contribution in [-0.4, -0.2) is 29.4 Å². The van der Waals surface area contributed by atoms with Gasteiger partial charge in [0.15, 0.2) is 0 Å². The molecule has 0 aromatic carbocycles. The van der Waals surface area contributed by atoms with Gasteiger partial charge in [-0.25, -0.2) is 4.79 Å². The number of rotatable bonds is 1. The van der Waals surface area contributed by atoms with Crippen molar-refractivity contribution in [3.05, 3.63) is 0 Å². The number of urea groups is 1. The van der Waals surface area contributed by atoms with Crippen LogP contribution in [0.4, 0.5) is 4.79 Å². The van der Waals surface area contributed by atoms with Gasteiger partial charge in [0.2, 0.25) is 5.91 Å². The Labute approximate surface area is 114 Å². The monoisotopic (exact) mass is 264 g/mol. The molecule has 4 heteroatoms. The Morgan fingerprint density at radius 3 is 2.21 bits per heavy atom. The maximum Gasteiger partial charge on any atom is 0.324 e. The van der Waals surface area contributed by atoms with Gasteiger partial charge < -0.3 is 5.32 Å². The highest BCUT2D eigenvalue weighted by Gasteiger charge is 2.49. The summed E-state index contributed by atoms with van der Waals surface area (Å²) in [4.78, 5) is 26.6. The molecule has 3 fully saturated rings. The van der Waals surface area contributed by atoms with Gasteiger partial charge in [-0.2, -0.15) is 0 Å². The van der Waals surface area contributed by atoms with Gasteiger partial charge in [-0.1, -0.05) is 38.5 Å². The first kappa shape index (κ1) is 12.9. The summed E-state index contributed by atoms with van der Waals surface area (Å²) in [6.07, 6.45) is 10.9. The molecule has 1 saturated heterocycles. The number of carbonyl (C=O) groups excluding carboxylic acids is 2. The summed E-state index contributed by atoms with van der Waals surface area (Å²) in [5.74, 6) is 0.130. The predicted octanol–water partition coefficient (Wildman–Crippen LogP) is 2.82. The summed E-state index contributed by atoms with van der Waals surface area (Å²) < 4.78 is 0. The normalized spacial score (nSPS) is 28.5. The minimum atomic E-state index is -0.285. The number of carbonyl (C=O) groups is 2. The van der Waals surface area contributed by atoms with E-state index in [0.717, 1.165) is 51.4 Å².